The zero-order chi connectivity index (χ0) is 20.2. The Morgan fingerprint density at radius 3 is 2.83 bits per heavy atom. The predicted octanol–water partition coefficient (Wildman–Crippen LogP) is -0.317. The normalized spacial score (nSPS) is 18.5. The van der Waals surface area contributed by atoms with Gasteiger partial charge in [0.05, 0.1) is 17.1 Å². The third kappa shape index (κ3) is 3.13. The van der Waals surface area contributed by atoms with Gasteiger partial charge >= 0.3 is 0 Å². The quantitative estimate of drug-likeness (QED) is 0.593. The molecular formula is C17H20N8O3S. The first-order valence-corrected chi connectivity index (χ1v) is 10.8. The molecule has 3 N–H and O–H groups in total. The van der Waals surface area contributed by atoms with Gasteiger partial charge in [-0.2, -0.15) is 5.10 Å². The summed E-state index contributed by atoms with van der Waals surface area (Å²) in [5.74, 6) is 0.792. The first-order valence-electron chi connectivity index (χ1n) is 9.25. The van der Waals surface area contributed by atoms with E-state index in [-0.39, 0.29) is 22.9 Å². The number of anilines is 1. The highest BCUT2D eigenvalue weighted by molar-refractivity contribution is 7.89. The number of rotatable bonds is 4. The van der Waals surface area contributed by atoms with Gasteiger partial charge in [0, 0.05) is 32.0 Å². The van der Waals surface area contributed by atoms with Crippen molar-refractivity contribution in [2.75, 3.05) is 24.5 Å². The minimum atomic E-state index is -3.83. The van der Waals surface area contributed by atoms with Gasteiger partial charge < -0.3 is 14.8 Å². The maximum Gasteiger partial charge on any atom is 0.244 e. The van der Waals surface area contributed by atoms with Crippen LogP contribution >= 0.6 is 0 Å². The Labute approximate surface area is 166 Å². The van der Waals surface area contributed by atoms with Gasteiger partial charge in [0.15, 0.2) is 0 Å². The fourth-order valence-electron chi connectivity index (χ4n) is 4.03. The predicted molar refractivity (Wildman–Crippen MR) is 103 cm³/mol. The van der Waals surface area contributed by atoms with E-state index < -0.39 is 10.0 Å². The molecule has 2 aliphatic rings. The Bertz CT molecular complexity index is 1200. The van der Waals surface area contributed by atoms with Crippen molar-refractivity contribution in [1.29, 1.82) is 0 Å². The Morgan fingerprint density at radius 1 is 1.28 bits per heavy atom. The fourth-order valence-corrected chi connectivity index (χ4v) is 4.50. The number of primary sulfonamides is 1. The Morgan fingerprint density at radius 2 is 2.10 bits per heavy atom. The Kier molecular flexibility index (Phi) is 3.90. The topological polar surface area (TPSA) is 143 Å². The van der Waals surface area contributed by atoms with Gasteiger partial charge in [-0.25, -0.2) is 23.5 Å². The van der Waals surface area contributed by atoms with Gasteiger partial charge in [-0.3, -0.25) is 9.48 Å². The van der Waals surface area contributed by atoms with Crippen LogP contribution in [0.4, 0.5) is 5.82 Å². The molecule has 1 saturated carbocycles. The van der Waals surface area contributed by atoms with E-state index in [9.17, 15) is 13.2 Å². The van der Waals surface area contributed by atoms with E-state index in [0.29, 0.717) is 19.6 Å². The molecule has 0 unspecified atom stereocenters. The summed E-state index contributed by atoms with van der Waals surface area (Å²) >= 11 is 0. The van der Waals surface area contributed by atoms with Crippen LogP contribution in [0.25, 0.3) is 11.0 Å². The molecule has 29 heavy (non-hydrogen) atoms. The number of amides is 1. The number of sulfonamides is 1. The van der Waals surface area contributed by atoms with E-state index in [1.54, 1.807) is 6.33 Å². The van der Waals surface area contributed by atoms with Crippen LogP contribution in [0.1, 0.15) is 12.8 Å². The van der Waals surface area contributed by atoms with Gasteiger partial charge in [-0.05, 0) is 18.9 Å². The van der Waals surface area contributed by atoms with Crippen LogP contribution in [-0.2, 0) is 21.4 Å². The summed E-state index contributed by atoms with van der Waals surface area (Å²) in [6, 6.07) is 1.96. The SMILES string of the molecule is NS(=O)(=O)c1cnn(CC(=O)N2CCN(c3ncnc4[nH]ccc34)CC23CC3)c1. The van der Waals surface area contributed by atoms with Crippen LogP contribution in [-0.4, -0.2) is 69.1 Å². The van der Waals surface area contributed by atoms with Gasteiger partial charge in [0.25, 0.3) is 0 Å². The van der Waals surface area contributed by atoms with Crippen molar-refractivity contribution in [3.8, 4) is 0 Å². The smallest absolute Gasteiger partial charge is 0.244 e. The zero-order valence-electron chi connectivity index (χ0n) is 15.5. The van der Waals surface area contributed by atoms with Crippen LogP contribution in [0, 0.1) is 0 Å². The second-order valence-electron chi connectivity index (χ2n) is 7.55. The van der Waals surface area contributed by atoms with Crippen LogP contribution < -0.4 is 10.0 Å². The molecule has 1 aliphatic heterocycles. The summed E-state index contributed by atoms with van der Waals surface area (Å²) in [7, 11) is -3.83. The number of nitrogens with zero attached hydrogens (tertiary/aromatic N) is 6. The molecule has 1 saturated heterocycles. The number of carbonyl (C=O) groups is 1. The molecule has 4 heterocycles. The van der Waals surface area contributed by atoms with E-state index >= 15 is 0 Å². The second kappa shape index (κ2) is 6.26. The zero-order valence-corrected chi connectivity index (χ0v) is 16.3. The van der Waals surface area contributed by atoms with E-state index in [1.165, 1.54) is 10.9 Å². The molecule has 0 atom stereocenters. The molecular weight excluding hydrogens is 396 g/mol. The number of aromatic amines is 1. The molecule has 11 nitrogen and oxygen atoms in total. The van der Waals surface area contributed by atoms with Crippen LogP contribution in [0.5, 0.6) is 0 Å². The van der Waals surface area contributed by atoms with Crippen LogP contribution in [0.3, 0.4) is 0 Å². The van der Waals surface area contributed by atoms with Crippen molar-refractivity contribution in [2.45, 2.75) is 29.8 Å². The molecule has 3 aromatic heterocycles. The number of hydrogen-bond donors (Lipinski definition) is 2. The van der Waals surface area contributed by atoms with E-state index in [2.05, 4.69) is 25.0 Å². The third-order valence-electron chi connectivity index (χ3n) is 5.65. The number of nitrogens with one attached hydrogen (secondary N) is 1. The summed E-state index contributed by atoms with van der Waals surface area (Å²) in [6.45, 7) is 1.91. The molecule has 0 aromatic carbocycles. The fraction of sp³-hybridized carbons (Fsp3) is 0.412. The van der Waals surface area contributed by atoms with E-state index in [4.69, 9.17) is 5.14 Å². The average molecular weight is 416 g/mol. The van der Waals surface area contributed by atoms with Crippen LogP contribution in [0.15, 0.2) is 35.9 Å². The number of piperazine rings is 1. The number of hydrogen-bond acceptors (Lipinski definition) is 7. The maximum atomic E-state index is 12.9. The lowest BCUT2D eigenvalue weighted by atomic mass is 10.1. The number of aromatic nitrogens is 5. The van der Waals surface area contributed by atoms with Crippen molar-refractivity contribution >= 4 is 32.8 Å². The molecule has 5 rings (SSSR count). The number of carbonyl (C=O) groups excluding carboxylic acids is 1. The number of fused-ring (bicyclic) bond motifs is 1. The summed E-state index contributed by atoms with van der Waals surface area (Å²) in [6.07, 6.45) is 7.69. The molecule has 3 aromatic rings. The molecule has 12 heteroatoms. The Balaban J connectivity index is 1.33. The first-order chi connectivity index (χ1) is 13.9. The Hall–Kier alpha value is -2.99. The molecule has 0 bridgehead atoms. The van der Waals surface area contributed by atoms with Gasteiger partial charge in [-0.1, -0.05) is 0 Å². The third-order valence-corrected chi connectivity index (χ3v) is 6.52. The summed E-state index contributed by atoms with van der Waals surface area (Å²) in [5.41, 5.74) is 0.585. The highest BCUT2D eigenvalue weighted by Gasteiger charge is 2.53. The standard InChI is InChI=1S/C17H20N8O3S/c18-29(27,28)12-7-22-24(8-12)9-14(26)25-6-5-23(10-17(25)2-3-17)16-13-1-4-19-15(13)20-11-21-16/h1,4,7-8,11H,2-3,5-6,9-10H2,(H2,18,27,28)(H,19,20,21). The molecule has 2 fully saturated rings. The molecule has 152 valence electrons. The largest absolute Gasteiger partial charge is 0.352 e. The molecule has 1 aliphatic carbocycles. The summed E-state index contributed by atoms with van der Waals surface area (Å²) in [5, 5.41) is 10.0. The second-order valence-corrected chi connectivity index (χ2v) is 9.11. The lowest BCUT2D eigenvalue weighted by Gasteiger charge is -2.42. The van der Waals surface area contributed by atoms with Gasteiger partial charge in [0.2, 0.25) is 15.9 Å². The maximum absolute atomic E-state index is 12.9. The van der Waals surface area contributed by atoms with E-state index in [0.717, 1.165) is 35.9 Å². The first kappa shape index (κ1) is 18.1. The van der Waals surface area contributed by atoms with E-state index in [1.807, 2.05) is 17.2 Å². The molecule has 0 radical (unpaired) electrons. The van der Waals surface area contributed by atoms with Gasteiger partial charge in [0.1, 0.15) is 29.2 Å². The number of nitrogens with two attached hydrogens (primary N) is 1. The monoisotopic (exact) mass is 416 g/mol. The van der Waals surface area contributed by atoms with Crippen molar-refractivity contribution < 1.29 is 13.2 Å². The van der Waals surface area contributed by atoms with Crippen LogP contribution in [0.2, 0.25) is 0 Å². The van der Waals surface area contributed by atoms with Crippen molar-refractivity contribution in [3.05, 3.63) is 31.0 Å². The average Bonchev–Trinajstić information content (AvgIpc) is 3.10. The van der Waals surface area contributed by atoms with Crippen molar-refractivity contribution in [3.63, 3.8) is 0 Å². The van der Waals surface area contributed by atoms with Crippen molar-refractivity contribution in [2.24, 2.45) is 5.14 Å². The minimum absolute atomic E-state index is 0.0210. The van der Waals surface area contributed by atoms with Gasteiger partial charge in [-0.15, -0.1) is 0 Å². The highest BCUT2D eigenvalue weighted by atomic mass is 32.2. The lowest BCUT2D eigenvalue weighted by Crippen LogP contribution is -2.58. The summed E-state index contributed by atoms with van der Waals surface area (Å²) in [4.78, 5) is 28.7. The molecule has 1 spiro atoms. The van der Waals surface area contributed by atoms with Crippen molar-refractivity contribution in [1.82, 2.24) is 29.6 Å². The highest BCUT2D eigenvalue weighted by Crippen LogP contribution is 2.45. The lowest BCUT2D eigenvalue weighted by molar-refractivity contribution is -0.135. The molecule has 1 amide bonds. The summed E-state index contributed by atoms with van der Waals surface area (Å²) < 4.78 is 24.1. The number of H-pyrrole nitrogens is 1. The minimum Gasteiger partial charge on any atom is -0.352 e.